The Labute approximate surface area is 98.2 Å². The zero-order chi connectivity index (χ0) is 11.4. The Morgan fingerprint density at radius 2 is 2.06 bits per heavy atom. The van der Waals surface area contributed by atoms with Crippen molar-refractivity contribution in [2.75, 3.05) is 32.7 Å². The number of hydrogen-bond donors (Lipinski definition) is 2. The van der Waals surface area contributed by atoms with Gasteiger partial charge in [0, 0.05) is 45.1 Å². The zero-order valence-corrected chi connectivity index (χ0v) is 10.4. The fraction of sp³-hybridized carbons (Fsp3) is 0.692. The molecule has 1 aromatic heterocycles. The smallest absolute Gasteiger partial charge is 0.0108 e. The van der Waals surface area contributed by atoms with Crippen LogP contribution in [0.3, 0.4) is 0 Å². The van der Waals surface area contributed by atoms with Crippen molar-refractivity contribution >= 4 is 0 Å². The normalized spacial score (nSPS) is 18.9. The number of hydrogen-bond acceptors (Lipinski definition) is 2. The van der Waals surface area contributed by atoms with E-state index in [-0.39, 0.29) is 0 Å². The number of aromatic amines is 1. The second-order valence-corrected chi connectivity index (χ2v) is 5.59. The Balaban J connectivity index is 1.86. The Morgan fingerprint density at radius 1 is 1.31 bits per heavy atom. The van der Waals surface area contributed by atoms with Gasteiger partial charge in [0.05, 0.1) is 0 Å². The van der Waals surface area contributed by atoms with Gasteiger partial charge in [0.25, 0.3) is 0 Å². The molecule has 0 radical (unpaired) electrons. The third-order valence-corrected chi connectivity index (χ3v) is 3.21. The van der Waals surface area contributed by atoms with Gasteiger partial charge >= 0.3 is 0 Å². The molecule has 1 fully saturated rings. The second-order valence-electron chi connectivity index (χ2n) is 5.59. The van der Waals surface area contributed by atoms with Gasteiger partial charge in [-0.15, -0.1) is 0 Å². The maximum absolute atomic E-state index is 3.40. The molecule has 0 atom stereocenters. The molecular formula is C13H23N3. The Morgan fingerprint density at radius 3 is 2.69 bits per heavy atom. The van der Waals surface area contributed by atoms with Crippen molar-refractivity contribution in [2.24, 2.45) is 5.41 Å². The largest absolute Gasteiger partial charge is 0.367 e. The minimum Gasteiger partial charge on any atom is -0.367 e. The minimum atomic E-state index is 0.361. The van der Waals surface area contributed by atoms with Crippen LogP contribution in [-0.4, -0.2) is 42.6 Å². The summed E-state index contributed by atoms with van der Waals surface area (Å²) < 4.78 is 0. The summed E-state index contributed by atoms with van der Waals surface area (Å²) in [5, 5.41) is 3.40. The zero-order valence-electron chi connectivity index (χ0n) is 10.4. The van der Waals surface area contributed by atoms with Crippen molar-refractivity contribution in [2.45, 2.75) is 20.3 Å². The van der Waals surface area contributed by atoms with Crippen molar-refractivity contribution < 1.29 is 0 Å². The molecule has 3 heteroatoms. The minimum absolute atomic E-state index is 0.361. The summed E-state index contributed by atoms with van der Waals surface area (Å²) in [6, 6.07) is 2.18. The van der Waals surface area contributed by atoms with E-state index in [0.717, 1.165) is 19.5 Å². The molecule has 90 valence electrons. The third kappa shape index (κ3) is 3.35. The molecule has 1 aliphatic heterocycles. The highest BCUT2D eigenvalue weighted by Gasteiger charge is 2.23. The Kier molecular flexibility index (Phi) is 3.66. The molecule has 0 amide bonds. The summed E-state index contributed by atoms with van der Waals surface area (Å²) in [7, 11) is 0. The first-order valence-electron chi connectivity index (χ1n) is 6.20. The third-order valence-electron chi connectivity index (χ3n) is 3.21. The fourth-order valence-corrected chi connectivity index (χ4v) is 2.55. The van der Waals surface area contributed by atoms with Crippen LogP contribution in [0.25, 0.3) is 0 Å². The van der Waals surface area contributed by atoms with E-state index in [1.54, 1.807) is 0 Å². The van der Waals surface area contributed by atoms with Crippen LogP contribution in [0.1, 0.15) is 19.4 Å². The van der Waals surface area contributed by atoms with E-state index < -0.39 is 0 Å². The van der Waals surface area contributed by atoms with Gasteiger partial charge in [-0.3, -0.25) is 0 Å². The maximum Gasteiger partial charge on any atom is 0.0108 e. The lowest BCUT2D eigenvalue weighted by molar-refractivity contribution is 0.160. The van der Waals surface area contributed by atoms with E-state index in [1.807, 2.05) is 6.20 Å². The van der Waals surface area contributed by atoms with Gasteiger partial charge in [-0.25, -0.2) is 0 Å². The highest BCUT2D eigenvalue weighted by atomic mass is 15.2. The molecule has 2 N–H and O–H groups in total. The quantitative estimate of drug-likeness (QED) is 0.807. The van der Waals surface area contributed by atoms with Gasteiger partial charge in [0.2, 0.25) is 0 Å². The van der Waals surface area contributed by atoms with Gasteiger partial charge in [-0.05, 0) is 23.5 Å². The average molecular weight is 221 g/mol. The van der Waals surface area contributed by atoms with Crippen LogP contribution in [0.15, 0.2) is 18.5 Å². The Hall–Kier alpha value is -0.800. The van der Waals surface area contributed by atoms with Crippen molar-refractivity contribution in [1.29, 1.82) is 0 Å². The predicted molar refractivity (Wildman–Crippen MR) is 67.6 cm³/mol. The van der Waals surface area contributed by atoms with Crippen LogP contribution in [-0.2, 0) is 6.42 Å². The lowest BCUT2D eigenvalue weighted by atomic mass is 9.86. The van der Waals surface area contributed by atoms with E-state index in [0.29, 0.717) is 5.41 Å². The van der Waals surface area contributed by atoms with Crippen molar-refractivity contribution in [3.63, 3.8) is 0 Å². The Bertz CT molecular complexity index is 297. The van der Waals surface area contributed by atoms with Crippen molar-refractivity contribution in [3.05, 3.63) is 24.0 Å². The predicted octanol–water partition coefficient (Wildman–Crippen LogP) is 1.49. The van der Waals surface area contributed by atoms with Crippen LogP contribution in [0.4, 0.5) is 0 Å². The molecule has 3 nitrogen and oxygen atoms in total. The summed E-state index contributed by atoms with van der Waals surface area (Å²) in [6.45, 7) is 10.6. The fourth-order valence-electron chi connectivity index (χ4n) is 2.55. The molecule has 2 heterocycles. The molecule has 0 unspecified atom stereocenters. The van der Waals surface area contributed by atoms with Crippen molar-refractivity contribution in [3.8, 4) is 0 Å². The summed E-state index contributed by atoms with van der Waals surface area (Å²) in [5.74, 6) is 0. The summed E-state index contributed by atoms with van der Waals surface area (Å²) in [5.41, 5.74) is 1.78. The molecule has 0 bridgehead atoms. The number of nitrogens with one attached hydrogen (secondary N) is 2. The standard InChI is InChI=1S/C13H23N3/c1-13(2,9-12-3-4-15-10-12)11-16-7-5-14-6-8-16/h3-4,10,14-15H,5-9,11H2,1-2H3. The highest BCUT2D eigenvalue weighted by molar-refractivity contribution is 5.10. The van der Waals surface area contributed by atoms with Crippen LogP contribution < -0.4 is 5.32 Å². The number of nitrogens with zero attached hydrogens (tertiary/aromatic N) is 1. The molecule has 0 saturated carbocycles. The molecule has 1 aromatic rings. The SMILES string of the molecule is CC(C)(Cc1cc[nH]c1)CN1CCNCC1. The number of rotatable bonds is 4. The molecule has 0 aliphatic carbocycles. The van der Waals surface area contributed by atoms with Gasteiger partial charge in [-0.1, -0.05) is 13.8 Å². The summed E-state index contributed by atoms with van der Waals surface area (Å²) in [6.07, 6.45) is 5.27. The van der Waals surface area contributed by atoms with E-state index >= 15 is 0 Å². The first-order valence-corrected chi connectivity index (χ1v) is 6.20. The second kappa shape index (κ2) is 5.02. The van der Waals surface area contributed by atoms with E-state index in [2.05, 4.69) is 41.3 Å². The van der Waals surface area contributed by atoms with Gasteiger partial charge in [0.15, 0.2) is 0 Å². The molecule has 0 spiro atoms. The maximum atomic E-state index is 3.40. The first kappa shape index (κ1) is 11.7. The molecule has 0 aromatic carbocycles. The number of aromatic nitrogens is 1. The summed E-state index contributed by atoms with van der Waals surface area (Å²) in [4.78, 5) is 5.70. The molecular weight excluding hydrogens is 198 g/mol. The van der Waals surface area contributed by atoms with E-state index in [9.17, 15) is 0 Å². The van der Waals surface area contributed by atoms with Crippen LogP contribution >= 0.6 is 0 Å². The lowest BCUT2D eigenvalue weighted by Gasteiger charge is -2.35. The van der Waals surface area contributed by atoms with Gasteiger partial charge in [0.1, 0.15) is 0 Å². The van der Waals surface area contributed by atoms with Crippen LogP contribution in [0, 0.1) is 5.41 Å². The molecule has 16 heavy (non-hydrogen) atoms. The summed E-state index contributed by atoms with van der Waals surface area (Å²) >= 11 is 0. The van der Waals surface area contributed by atoms with E-state index in [1.165, 1.54) is 25.2 Å². The van der Waals surface area contributed by atoms with Gasteiger partial charge in [-0.2, -0.15) is 0 Å². The van der Waals surface area contributed by atoms with Crippen molar-refractivity contribution in [1.82, 2.24) is 15.2 Å². The van der Waals surface area contributed by atoms with Crippen LogP contribution in [0.5, 0.6) is 0 Å². The first-order chi connectivity index (χ1) is 7.66. The lowest BCUT2D eigenvalue weighted by Crippen LogP contribution is -2.47. The monoisotopic (exact) mass is 221 g/mol. The van der Waals surface area contributed by atoms with E-state index in [4.69, 9.17) is 0 Å². The molecule has 2 rings (SSSR count). The average Bonchev–Trinajstić information content (AvgIpc) is 2.70. The molecule has 1 saturated heterocycles. The molecule has 1 aliphatic rings. The number of piperazine rings is 1. The van der Waals surface area contributed by atoms with Crippen LogP contribution in [0.2, 0.25) is 0 Å². The topological polar surface area (TPSA) is 31.1 Å². The van der Waals surface area contributed by atoms with Gasteiger partial charge < -0.3 is 15.2 Å². The highest BCUT2D eigenvalue weighted by Crippen LogP contribution is 2.23. The number of H-pyrrole nitrogens is 1.